The van der Waals surface area contributed by atoms with Gasteiger partial charge < -0.3 is 16.0 Å². The molecule has 6 nitrogen and oxygen atoms in total. The minimum Gasteiger partial charge on any atom is -0.357 e. The van der Waals surface area contributed by atoms with Crippen molar-refractivity contribution >= 4 is 47.2 Å². The number of hydrogen-bond acceptors (Lipinski definition) is 4. The smallest absolute Gasteiger partial charge is 0.251 e. The van der Waals surface area contributed by atoms with Crippen LogP contribution in [0.1, 0.15) is 28.0 Å². The SMILES string of the molecule is CCNC(=NCCc1csc(C)n1)NCCNC(=O)c1ccccc1.I. The normalized spacial score (nSPS) is 10.8. The molecule has 0 bridgehead atoms. The van der Waals surface area contributed by atoms with E-state index < -0.39 is 0 Å². The van der Waals surface area contributed by atoms with Crippen molar-refractivity contribution in [2.45, 2.75) is 20.3 Å². The van der Waals surface area contributed by atoms with E-state index in [-0.39, 0.29) is 29.9 Å². The Bertz CT molecular complexity index is 690. The lowest BCUT2D eigenvalue weighted by Gasteiger charge is -2.11. The molecule has 1 aromatic heterocycles. The van der Waals surface area contributed by atoms with Gasteiger partial charge in [0.1, 0.15) is 0 Å². The molecule has 0 saturated heterocycles. The maximum atomic E-state index is 12.0. The van der Waals surface area contributed by atoms with E-state index in [0.717, 1.165) is 29.6 Å². The monoisotopic (exact) mass is 487 g/mol. The Morgan fingerprint density at radius 1 is 1.15 bits per heavy atom. The summed E-state index contributed by atoms with van der Waals surface area (Å²) in [4.78, 5) is 20.9. The van der Waals surface area contributed by atoms with Gasteiger partial charge in [-0.15, -0.1) is 35.3 Å². The van der Waals surface area contributed by atoms with Gasteiger partial charge in [0.25, 0.3) is 5.91 Å². The third-order valence-corrected chi connectivity index (χ3v) is 4.21. The average Bonchev–Trinajstić information content (AvgIpc) is 3.04. The molecular weight excluding hydrogens is 461 g/mol. The quantitative estimate of drug-likeness (QED) is 0.232. The largest absolute Gasteiger partial charge is 0.357 e. The summed E-state index contributed by atoms with van der Waals surface area (Å²) in [6.07, 6.45) is 0.825. The highest BCUT2D eigenvalue weighted by Gasteiger charge is 2.03. The van der Waals surface area contributed by atoms with Crippen molar-refractivity contribution in [1.82, 2.24) is 20.9 Å². The second-order valence-electron chi connectivity index (χ2n) is 5.42. The average molecular weight is 487 g/mol. The highest BCUT2D eigenvalue weighted by Crippen LogP contribution is 2.08. The topological polar surface area (TPSA) is 78.4 Å². The van der Waals surface area contributed by atoms with Gasteiger partial charge in [0.15, 0.2) is 5.96 Å². The summed E-state index contributed by atoms with van der Waals surface area (Å²) in [6, 6.07) is 9.20. The zero-order valence-corrected chi connectivity index (χ0v) is 18.3. The molecule has 0 aliphatic heterocycles. The number of thiazole rings is 1. The molecule has 2 aromatic rings. The van der Waals surface area contributed by atoms with Crippen molar-refractivity contribution in [2.75, 3.05) is 26.2 Å². The second kappa shape index (κ2) is 12.6. The number of nitrogens with zero attached hydrogens (tertiary/aromatic N) is 2. The lowest BCUT2D eigenvalue weighted by molar-refractivity contribution is 0.0954. The van der Waals surface area contributed by atoms with Crippen LogP contribution in [0.4, 0.5) is 0 Å². The summed E-state index contributed by atoms with van der Waals surface area (Å²) in [5.74, 6) is 0.687. The van der Waals surface area contributed by atoms with Crippen molar-refractivity contribution < 1.29 is 4.79 Å². The van der Waals surface area contributed by atoms with E-state index in [4.69, 9.17) is 0 Å². The Morgan fingerprint density at radius 2 is 1.88 bits per heavy atom. The van der Waals surface area contributed by atoms with Crippen LogP contribution in [0.3, 0.4) is 0 Å². The number of carbonyl (C=O) groups is 1. The maximum Gasteiger partial charge on any atom is 0.251 e. The van der Waals surface area contributed by atoms with E-state index in [2.05, 4.69) is 31.3 Å². The molecule has 0 fully saturated rings. The van der Waals surface area contributed by atoms with Crippen molar-refractivity contribution in [3.05, 3.63) is 52.0 Å². The van der Waals surface area contributed by atoms with Crippen LogP contribution in [-0.4, -0.2) is 43.0 Å². The van der Waals surface area contributed by atoms with E-state index in [1.807, 2.05) is 32.0 Å². The fourth-order valence-electron chi connectivity index (χ4n) is 2.20. The number of hydrogen-bond donors (Lipinski definition) is 3. The predicted molar refractivity (Wildman–Crippen MR) is 119 cm³/mol. The lowest BCUT2D eigenvalue weighted by Crippen LogP contribution is -2.41. The molecule has 1 aromatic carbocycles. The fourth-order valence-corrected chi connectivity index (χ4v) is 2.84. The molecule has 0 aliphatic rings. The molecular formula is C18H26IN5OS. The highest BCUT2D eigenvalue weighted by atomic mass is 127. The number of rotatable bonds is 8. The number of aromatic nitrogens is 1. The number of nitrogens with one attached hydrogen (secondary N) is 3. The molecule has 1 heterocycles. The standard InChI is InChI=1S/C18H25N5OS.HI/c1-3-19-18(21-10-9-16-13-25-14(2)23-16)22-12-11-20-17(24)15-7-5-4-6-8-15;/h4-8,13H,3,9-12H2,1-2H3,(H,20,24)(H2,19,21,22);1H. The molecule has 0 spiro atoms. The summed E-state index contributed by atoms with van der Waals surface area (Å²) in [6.45, 7) is 6.64. The first kappa shape index (κ1) is 22.4. The number of benzene rings is 1. The Labute approximate surface area is 175 Å². The summed E-state index contributed by atoms with van der Waals surface area (Å²) in [5, 5.41) is 12.5. The van der Waals surface area contributed by atoms with Crippen LogP contribution in [0, 0.1) is 6.92 Å². The summed E-state index contributed by atoms with van der Waals surface area (Å²) < 4.78 is 0. The van der Waals surface area contributed by atoms with Gasteiger partial charge in [-0.05, 0) is 26.0 Å². The lowest BCUT2D eigenvalue weighted by atomic mass is 10.2. The van der Waals surface area contributed by atoms with Crippen LogP contribution in [0.25, 0.3) is 0 Å². The molecule has 0 saturated carbocycles. The Balaban J connectivity index is 0.00000338. The van der Waals surface area contributed by atoms with E-state index in [0.29, 0.717) is 25.2 Å². The van der Waals surface area contributed by atoms with Crippen molar-refractivity contribution in [3.8, 4) is 0 Å². The van der Waals surface area contributed by atoms with Gasteiger partial charge in [-0.1, -0.05) is 18.2 Å². The first-order valence-corrected chi connectivity index (χ1v) is 9.33. The third kappa shape index (κ3) is 8.13. The molecule has 0 aliphatic carbocycles. The number of aliphatic imine (C=N–C) groups is 1. The van der Waals surface area contributed by atoms with E-state index in [1.165, 1.54) is 0 Å². The molecule has 3 N–H and O–H groups in total. The van der Waals surface area contributed by atoms with Gasteiger partial charge in [-0.3, -0.25) is 9.79 Å². The van der Waals surface area contributed by atoms with Crippen molar-refractivity contribution in [3.63, 3.8) is 0 Å². The van der Waals surface area contributed by atoms with Gasteiger partial charge in [-0.25, -0.2) is 4.98 Å². The zero-order valence-electron chi connectivity index (χ0n) is 15.1. The van der Waals surface area contributed by atoms with Crippen LogP contribution < -0.4 is 16.0 Å². The number of aryl methyl sites for hydroxylation is 1. The number of amides is 1. The van der Waals surface area contributed by atoms with Crippen LogP contribution in [-0.2, 0) is 6.42 Å². The van der Waals surface area contributed by atoms with Gasteiger partial charge in [0, 0.05) is 43.5 Å². The molecule has 26 heavy (non-hydrogen) atoms. The van der Waals surface area contributed by atoms with Crippen LogP contribution >= 0.6 is 35.3 Å². The van der Waals surface area contributed by atoms with Crippen LogP contribution in [0.15, 0.2) is 40.7 Å². The van der Waals surface area contributed by atoms with Crippen LogP contribution in [0.5, 0.6) is 0 Å². The minimum absolute atomic E-state index is 0. The first-order chi connectivity index (χ1) is 12.2. The summed E-state index contributed by atoms with van der Waals surface area (Å²) in [5.41, 5.74) is 1.75. The van der Waals surface area contributed by atoms with Gasteiger partial charge in [0.2, 0.25) is 0 Å². The number of carbonyl (C=O) groups excluding carboxylic acids is 1. The third-order valence-electron chi connectivity index (χ3n) is 3.39. The minimum atomic E-state index is -0.0664. The summed E-state index contributed by atoms with van der Waals surface area (Å²) >= 11 is 1.66. The molecule has 2 rings (SSSR count). The maximum absolute atomic E-state index is 12.0. The molecule has 142 valence electrons. The zero-order chi connectivity index (χ0) is 17.9. The van der Waals surface area contributed by atoms with E-state index in [9.17, 15) is 4.79 Å². The van der Waals surface area contributed by atoms with Gasteiger partial charge >= 0.3 is 0 Å². The Kier molecular flexibility index (Phi) is 10.9. The summed E-state index contributed by atoms with van der Waals surface area (Å²) in [7, 11) is 0. The highest BCUT2D eigenvalue weighted by molar-refractivity contribution is 14.0. The van der Waals surface area contributed by atoms with Gasteiger partial charge in [-0.2, -0.15) is 0 Å². The molecule has 8 heteroatoms. The fraction of sp³-hybridized carbons (Fsp3) is 0.389. The van der Waals surface area contributed by atoms with Crippen LogP contribution in [0.2, 0.25) is 0 Å². The van der Waals surface area contributed by atoms with Crippen molar-refractivity contribution in [1.29, 1.82) is 0 Å². The predicted octanol–water partition coefficient (Wildman–Crippen LogP) is 2.60. The molecule has 0 unspecified atom stereocenters. The molecule has 0 radical (unpaired) electrons. The number of halogens is 1. The van der Waals surface area contributed by atoms with Crippen molar-refractivity contribution in [2.24, 2.45) is 4.99 Å². The van der Waals surface area contributed by atoms with E-state index in [1.54, 1.807) is 23.5 Å². The second-order valence-corrected chi connectivity index (χ2v) is 6.48. The van der Waals surface area contributed by atoms with E-state index >= 15 is 0 Å². The number of guanidine groups is 1. The molecule has 0 atom stereocenters. The van der Waals surface area contributed by atoms with Gasteiger partial charge in [0.05, 0.1) is 10.7 Å². The molecule has 1 amide bonds. The Morgan fingerprint density at radius 3 is 2.54 bits per heavy atom. The first-order valence-electron chi connectivity index (χ1n) is 8.45. The Hall–Kier alpha value is -1.68.